The fraction of sp³-hybridized carbons (Fsp3) is 0.393. The summed E-state index contributed by atoms with van der Waals surface area (Å²) in [7, 11) is 1.87. The van der Waals surface area contributed by atoms with Crippen LogP contribution in [0.5, 0.6) is 5.75 Å². The molecule has 1 heterocycles. The average molecular weight is 467 g/mol. The highest BCUT2D eigenvalue weighted by atomic mass is 35.5. The lowest BCUT2D eigenvalue weighted by molar-refractivity contribution is 0.0797. The number of carbonyl (C=O) groups is 1. The minimum atomic E-state index is 0. The summed E-state index contributed by atoms with van der Waals surface area (Å²) in [5, 5.41) is 2.16. The van der Waals surface area contributed by atoms with Crippen LogP contribution in [0.25, 0.3) is 10.8 Å². The van der Waals surface area contributed by atoms with Gasteiger partial charge in [-0.3, -0.25) is 4.79 Å². The number of halogens is 1. The van der Waals surface area contributed by atoms with Crippen LogP contribution in [0, 0.1) is 0 Å². The standard InChI is InChI=1S/C28H34N2O2.ClH/c1-29(19-15-23-9-4-2-5-10-23)28(31)26-12-11-25-22-27(14-13-24(25)21-26)32-20-8-18-30-16-6-3-7-17-30;/h2,4-5,9-14,21-22H,3,6-8,15-20H2,1H3;1H. The topological polar surface area (TPSA) is 32.8 Å². The largest absolute Gasteiger partial charge is 0.494 e. The van der Waals surface area contributed by atoms with E-state index in [0.29, 0.717) is 6.54 Å². The van der Waals surface area contributed by atoms with Gasteiger partial charge in [0.2, 0.25) is 0 Å². The fourth-order valence-corrected chi connectivity index (χ4v) is 4.37. The van der Waals surface area contributed by atoms with E-state index in [1.807, 2.05) is 49.5 Å². The van der Waals surface area contributed by atoms with E-state index in [9.17, 15) is 4.79 Å². The van der Waals surface area contributed by atoms with Crippen molar-refractivity contribution in [3.63, 3.8) is 0 Å². The number of likely N-dealkylation sites (tertiary alicyclic amines) is 1. The van der Waals surface area contributed by atoms with E-state index in [0.717, 1.165) is 48.1 Å². The third kappa shape index (κ3) is 7.21. The van der Waals surface area contributed by atoms with E-state index in [2.05, 4.69) is 29.2 Å². The number of rotatable bonds is 9. The normalized spacial score (nSPS) is 14.0. The Morgan fingerprint density at radius 1 is 0.939 bits per heavy atom. The second-order valence-corrected chi connectivity index (χ2v) is 8.79. The summed E-state index contributed by atoms with van der Waals surface area (Å²) in [6, 6.07) is 22.3. The van der Waals surface area contributed by atoms with E-state index >= 15 is 0 Å². The molecule has 1 fully saturated rings. The number of likely N-dealkylation sites (N-methyl/N-ethyl adjacent to an activating group) is 1. The van der Waals surface area contributed by atoms with E-state index in [-0.39, 0.29) is 18.3 Å². The van der Waals surface area contributed by atoms with Gasteiger partial charge in [0.05, 0.1) is 6.61 Å². The van der Waals surface area contributed by atoms with Crippen molar-refractivity contribution in [2.24, 2.45) is 0 Å². The molecule has 0 aromatic heterocycles. The lowest BCUT2D eigenvalue weighted by Crippen LogP contribution is -2.31. The molecule has 0 bridgehead atoms. The molecule has 0 saturated carbocycles. The smallest absolute Gasteiger partial charge is 0.253 e. The Morgan fingerprint density at radius 3 is 2.45 bits per heavy atom. The second-order valence-electron chi connectivity index (χ2n) is 8.79. The van der Waals surface area contributed by atoms with E-state index < -0.39 is 0 Å². The predicted octanol–water partition coefficient (Wildman–Crippen LogP) is 5.83. The number of piperidine rings is 1. The molecule has 4 rings (SSSR count). The Bertz CT molecular complexity index is 1020. The average Bonchev–Trinajstić information content (AvgIpc) is 2.85. The van der Waals surface area contributed by atoms with Crippen molar-refractivity contribution in [3.8, 4) is 5.75 Å². The summed E-state index contributed by atoms with van der Waals surface area (Å²) >= 11 is 0. The van der Waals surface area contributed by atoms with Gasteiger partial charge >= 0.3 is 0 Å². The van der Waals surface area contributed by atoms with Crippen LogP contribution in [0.3, 0.4) is 0 Å². The second kappa shape index (κ2) is 12.6. The van der Waals surface area contributed by atoms with Gasteiger partial charge in [-0.15, -0.1) is 12.4 Å². The summed E-state index contributed by atoms with van der Waals surface area (Å²) < 4.78 is 5.99. The van der Waals surface area contributed by atoms with Gasteiger partial charge in [-0.05, 0) is 79.4 Å². The number of ether oxygens (including phenoxy) is 1. The number of fused-ring (bicyclic) bond motifs is 1. The van der Waals surface area contributed by atoms with Crippen molar-refractivity contribution in [2.75, 3.05) is 39.8 Å². The van der Waals surface area contributed by atoms with Crippen LogP contribution < -0.4 is 4.74 Å². The third-order valence-corrected chi connectivity index (χ3v) is 6.32. The molecule has 0 radical (unpaired) electrons. The third-order valence-electron chi connectivity index (χ3n) is 6.32. The fourth-order valence-electron chi connectivity index (χ4n) is 4.37. The summed E-state index contributed by atoms with van der Waals surface area (Å²) in [6.07, 6.45) is 5.95. The predicted molar refractivity (Wildman–Crippen MR) is 139 cm³/mol. The monoisotopic (exact) mass is 466 g/mol. The first-order chi connectivity index (χ1) is 15.7. The molecule has 1 amide bonds. The van der Waals surface area contributed by atoms with Gasteiger partial charge in [-0.25, -0.2) is 0 Å². The van der Waals surface area contributed by atoms with Crippen LogP contribution in [-0.4, -0.2) is 55.5 Å². The Morgan fingerprint density at radius 2 is 1.67 bits per heavy atom. The Hall–Kier alpha value is -2.56. The van der Waals surface area contributed by atoms with Crippen LogP contribution in [0.15, 0.2) is 66.7 Å². The molecule has 33 heavy (non-hydrogen) atoms. The van der Waals surface area contributed by atoms with Crippen LogP contribution in [0.1, 0.15) is 41.6 Å². The molecule has 5 heteroatoms. The first kappa shape index (κ1) is 25.1. The number of benzene rings is 3. The van der Waals surface area contributed by atoms with E-state index in [4.69, 9.17) is 4.74 Å². The molecule has 3 aromatic carbocycles. The van der Waals surface area contributed by atoms with Gasteiger partial charge in [-0.2, -0.15) is 0 Å². The van der Waals surface area contributed by atoms with Crippen LogP contribution in [-0.2, 0) is 6.42 Å². The van der Waals surface area contributed by atoms with Gasteiger partial charge in [0.1, 0.15) is 5.75 Å². The molecule has 0 unspecified atom stereocenters. The lowest BCUT2D eigenvalue weighted by Gasteiger charge is -2.26. The Balaban J connectivity index is 0.00000306. The minimum absolute atomic E-state index is 0. The van der Waals surface area contributed by atoms with E-state index in [1.54, 1.807) is 4.90 Å². The maximum atomic E-state index is 12.9. The zero-order valence-corrected chi connectivity index (χ0v) is 20.4. The number of amides is 1. The van der Waals surface area contributed by atoms with Crippen LogP contribution >= 0.6 is 12.4 Å². The maximum absolute atomic E-state index is 12.9. The zero-order chi connectivity index (χ0) is 22.2. The van der Waals surface area contributed by atoms with Crippen molar-refractivity contribution >= 4 is 29.1 Å². The molecule has 0 atom stereocenters. The molecule has 0 N–H and O–H groups in total. The van der Waals surface area contributed by atoms with E-state index in [1.165, 1.54) is 37.9 Å². The molecule has 0 aliphatic carbocycles. The molecular weight excluding hydrogens is 432 g/mol. The van der Waals surface area contributed by atoms with Crippen molar-refractivity contribution < 1.29 is 9.53 Å². The molecule has 3 aromatic rings. The molecule has 176 valence electrons. The number of hydrogen-bond donors (Lipinski definition) is 0. The minimum Gasteiger partial charge on any atom is -0.494 e. The number of hydrogen-bond acceptors (Lipinski definition) is 3. The van der Waals surface area contributed by atoms with Crippen LogP contribution in [0.4, 0.5) is 0 Å². The van der Waals surface area contributed by atoms with Gasteiger partial charge in [-0.1, -0.05) is 48.9 Å². The van der Waals surface area contributed by atoms with Crippen molar-refractivity contribution in [3.05, 3.63) is 77.9 Å². The summed E-state index contributed by atoms with van der Waals surface area (Å²) in [5.41, 5.74) is 1.97. The molecule has 1 aliphatic rings. The zero-order valence-electron chi connectivity index (χ0n) is 19.5. The first-order valence-electron chi connectivity index (χ1n) is 11.9. The molecular formula is C28H35ClN2O2. The van der Waals surface area contributed by atoms with Crippen molar-refractivity contribution in [1.82, 2.24) is 9.80 Å². The Kier molecular flexibility index (Phi) is 9.59. The number of carbonyl (C=O) groups excluding carboxylic acids is 1. The lowest BCUT2D eigenvalue weighted by atomic mass is 10.1. The van der Waals surface area contributed by atoms with Crippen LogP contribution in [0.2, 0.25) is 0 Å². The van der Waals surface area contributed by atoms with Gasteiger partial charge in [0, 0.05) is 25.7 Å². The first-order valence-corrected chi connectivity index (χ1v) is 11.9. The molecule has 4 nitrogen and oxygen atoms in total. The summed E-state index contributed by atoms with van der Waals surface area (Å²) in [4.78, 5) is 17.2. The highest BCUT2D eigenvalue weighted by molar-refractivity contribution is 5.98. The highest BCUT2D eigenvalue weighted by Gasteiger charge is 2.13. The summed E-state index contributed by atoms with van der Waals surface area (Å²) in [6.45, 7) is 5.03. The Labute approximate surface area is 203 Å². The van der Waals surface area contributed by atoms with Gasteiger partial charge in [0.15, 0.2) is 0 Å². The molecule has 0 spiro atoms. The molecule has 1 saturated heterocycles. The summed E-state index contributed by atoms with van der Waals surface area (Å²) in [5.74, 6) is 0.955. The number of nitrogens with zero attached hydrogens (tertiary/aromatic N) is 2. The molecule has 1 aliphatic heterocycles. The van der Waals surface area contributed by atoms with Gasteiger partial charge < -0.3 is 14.5 Å². The quantitative estimate of drug-likeness (QED) is 0.372. The SMILES string of the molecule is CN(CCc1ccccc1)C(=O)c1ccc2cc(OCCCN3CCCCC3)ccc2c1.Cl. The van der Waals surface area contributed by atoms with Crippen molar-refractivity contribution in [2.45, 2.75) is 32.1 Å². The van der Waals surface area contributed by atoms with Gasteiger partial charge in [0.25, 0.3) is 5.91 Å². The maximum Gasteiger partial charge on any atom is 0.253 e. The van der Waals surface area contributed by atoms with Crippen molar-refractivity contribution in [1.29, 1.82) is 0 Å². The highest BCUT2D eigenvalue weighted by Crippen LogP contribution is 2.23.